The molecular weight excluding hydrogens is 448 g/mol. The highest BCUT2D eigenvalue weighted by Gasteiger charge is 2.23. The minimum absolute atomic E-state index is 0.249. The van der Waals surface area contributed by atoms with Crippen LogP contribution in [0.25, 0.3) is 33.4 Å². The molecule has 3 aromatic heterocycles. The number of rotatable bonds is 8. The van der Waals surface area contributed by atoms with E-state index in [4.69, 9.17) is 26.3 Å². The van der Waals surface area contributed by atoms with Crippen LogP contribution in [0.5, 0.6) is 5.75 Å². The van der Waals surface area contributed by atoms with Gasteiger partial charge in [0.15, 0.2) is 17.0 Å². The van der Waals surface area contributed by atoms with Crippen LogP contribution in [0.15, 0.2) is 54.7 Å². The van der Waals surface area contributed by atoms with Crippen molar-refractivity contribution in [1.29, 1.82) is 0 Å². The van der Waals surface area contributed by atoms with Gasteiger partial charge in [0.05, 0.1) is 17.2 Å². The number of hydrogen-bond donors (Lipinski definition) is 0. The summed E-state index contributed by atoms with van der Waals surface area (Å²) in [6, 6.07) is 15.6. The minimum atomic E-state index is -0.249. The zero-order valence-corrected chi connectivity index (χ0v) is 20.2. The highest BCUT2D eigenvalue weighted by atomic mass is 35.5. The summed E-state index contributed by atoms with van der Waals surface area (Å²) in [4.78, 5) is 22.7. The zero-order valence-electron chi connectivity index (χ0n) is 19.4. The van der Waals surface area contributed by atoms with E-state index in [0.717, 1.165) is 71.3 Å². The summed E-state index contributed by atoms with van der Waals surface area (Å²) in [5.74, 6) is 1.16. The first-order valence-electron chi connectivity index (χ1n) is 11.9. The van der Waals surface area contributed by atoms with Crippen molar-refractivity contribution in [3.8, 4) is 11.4 Å². The monoisotopic (exact) mass is 474 g/mol. The van der Waals surface area contributed by atoms with Gasteiger partial charge in [-0.05, 0) is 49.2 Å². The van der Waals surface area contributed by atoms with Crippen molar-refractivity contribution in [2.24, 2.45) is 0 Å². The number of aryl methyl sites for hydroxylation is 1. The molecule has 6 nitrogen and oxygen atoms in total. The SMILES string of the molecule is CCCCC(=O)Oc1cn(-c2ccc(Cl)cc2)c2nc(CCCC)n3c4ccccc4nc3c12. The second-order valence-electron chi connectivity index (χ2n) is 8.51. The van der Waals surface area contributed by atoms with Crippen molar-refractivity contribution >= 4 is 45.3 Å². The summed E-state index contributed by atoms with van der Waals surface area (Å²) in [6.07, 6.45) is 6.83. The van der Waals surface area contributed by atoms with E-state index < -0.39 is 0 Å². The van der Waals surface area contributed by atoms with Gasteiger partial charge in [-0.1, -0.05) is 50.4 Å². The maximum atomic E-state index is 12.6. The maximum absolute atomic E-state index is 12.6. The van der Waals surface area contributed by atoms with Crippen molar-refractivity contribution in [3.05, 3.63) is 65.6 Å². The average molecular weight is 475 g/mol. The predicted molar refractivity (Wildman–Crippen MR) is 136 cm³/mol. The largest absolute Gasteiger partial charge is 0.424 e. The molecule has 174 valence electrons. The van der Waals surface area contributed by atoms with E-state index in [1.807, 2.05) is 53.2 Å². The smallest absolute Gasteiger partial charge is 0.311 e. The van der Waals surface area contributed by atoms with Gasteiger partial charge in [-0.15, -0.1) is 0 Å². The second kappa shape index (κ2) is 9.47. The molecule has 0 aliphatic carbocycles. The third-order valence-corrected chi connectivity index (χ3v) is 6.29. The Balaban J connectivity index is 1.81. The number of carbonyl (C=O) groups is 1. The molecule has 0 radical (unpaired) electrons. The van der Waals surface area contributed by atoms with E-state index in [1.54, 1.807) is 0 Å². The summed E-state index contributed by atoms with van der Waals surface area (Å²) >= 11 is 6.14. The van der Waals surface area contributed by atoms with E-state index in [-0.39, 0.29) is 5.97 Å². The van der Waals surface area contributed by atoms with Gasteiger partial charge in [0.1, 0.15) is 11.2 Å². The van der Waals surface area contributed by atoms with Crippen LogP contribution in [-0.4, -0.2) is 24.9 Å². The number of carbonyl (C=O) groups excluding carboxylic acids is 1. The number of unbranched alkanes of at least 4 members (excludes halogenated alkanes) is 2. The molecule has 0 saturated carbocycles. The number of imidazole rings is 1. The van der Waals surface area contributed by atoms with Crippen molar-refractivity contribution in [2.45, 2.75) is 52.4 Å². The Kier molecular flexibility index (Phi) is 6.24. The number of ether oxygens (including phenoxy) is 1. The van der Waals surface area contributed by atoms with Gasteiger partial charge in [-0.2, -0.15) is 0 Å². The van der Waals surface area contributed by atoms with Crippen LogP contribution >= 0.6 is 11.6 Å². The summed E-state index contributed by atoms with van der Waals surface area (Å²) < 4.78 is 9.98. The number of hydrogen-bond acceptors (Lipinski definition) is 4. The lowest BCUT2D eigenvalue weighted by Gasteiger charge is -2.09. The number of para-hydroxylation sites is 2. The highest BCUT2D eigenvalue weighted by Crippen LogP contribution is 2.35. The molecule has 0 amide bonds. The molecule has 7 heteroatoms. The number of fused-ring (bicyclic) bond motifs is 5. The van der Waals surface area contributed by atoms with Crippen LogP contribution in [0.4, 0.5) is 0 Å². The number of halogens is 1. The summed E-state index contributed by atoms with van der Waals surface area (Å²) in [5, 5.41) is 1.39. The maximum Gasteiger partial charge on any atom is 0.311 e. The van der Waals surface area contributed by atoms with Crippen molar-refractivity contribution in [3.63, 3.8) is 0 Å². The van der Waals surface area contributed by atoms with Crippen molar-refractivity contribution < 1.29 is 9.53 Å². The van der Waals surface area contributed by atoms with Crippen LogP contribution in [0, 0.1) is 0 Å². The lowest BCUT2D eigenvalue weighted by Crippen LogP contribution is -2.07. The van der Waals surface area contributed by atoms with E-state index >= 15 is 0 Å². The van der Waals surface area contributed by atoms with Gasteiger partial charge < -0.3 is 4.74 Å². The zero-order chi connectivity index (χ0) is 23.7. The number of nitrogens with zero attached hydrogens (tertiary/aromatic N) is 4. The average Bonchev–Trinajstić information content (AvgIpc) is 3.40. The van der Waals surface area contributed by atoms with Gasteiger partial charge in [0.25, 0.3) is 0 Å². The van der Waals surface area contributed by atoms with Crippen LogP contribution < -0.4 is 4.74 Å². The van der Waals surface area contributed by atoms with Crippen molar-refractivity contribution in [1.82, 2.24) is 18.9 Å². The van der Waals surface area contributed by atoms with Crippen LogP contribution in [0.2, 0.25) is 5.02 Å². The normalized spacial score (nSPS) is 11.6. The van der Waals surface area contributed by atoms with Crippen LogP contribution in [-0.2, 0) is 11.2 Å². The third-order valence-electron chi connectivity index (χ3n) is 6.04. The van der Waals surface area contributed by atoms with E-state index in [2.05, 4.69) is 24.3 Å². The quantitative estimate of drug-likeness (QED) is 0.229. The Morgan fingerprint density at radius 2 is 1.74 bits per heavy atom. The minimum Gasteiger partial charge on any atom is -0.424 e. The van der Waals surface area contributed by atoms with E-state index in [0.29, 0.717) is 17.2 Å². The topological polar surface area (TPSA) is 61.4 Å². The summed E-state index contributed by atoms with van der Waals surface area (Å²) in [6.45, 7) is 4.23. The van der Waals surface area contributed by atoms with Crippen LogP contribution in [0.3, 0.4) is 0 Å². The predicted octanol–water partition coefficient (Wildman–Crippen LogP) is 6.92. The molecular formula is C27H27ClN4O2. The fourth-order valence-corrected chi connectivity index (χ4v) is 4.42. The van der Waals surface area contributed by atoms with Gasteiger partial charge >= 0.3 is 5.97 Å². The van der Waals surface area contributed by atoms with Gasteiger partial charge in [-0.25, -0.2) is 9.97 Å². The van der Waals surface area contributed by atoms with Gasteiger partial charge in [-0.3, -0.25) is 13.8 Å². The Morgan fingerprint density at radius 3 is 2.50 bits per heavy atom. The molecule has 34 heavy (non-hydrogen) atoms. The molecule has 5 rings (SSSR count). The molecule has 0 atom stereocenters. The fourth-order valence-electron chi connectivity index (χ4n) is 4.29. The van der Waals surface area contributed by atoms with E-state index in [9.17, 15) is 4.79 Å². The number of aromatic nitrogens is 4. The summed E-state index contributed by atoms with van der Waals surface area (Å²) in [7, 11) is 0. The second-order valence-corrected chi connectivity index (χ2v) is 8.94. The third kappa shape index (κ3) is 4.03. The molecule has 0 unspecified atom stereocenters. The van der Waals surface area contributed by atoms with Crippen molar-refractivity contribution in [2.75, 3.05) is 0 Å². The Bertz CT molecular complexity index is 1480. The van der Waals surface area contributed by atoms with E-state index in [1.165, 1.54) is 0 Å². The molecule has 0 saturated heterocycles. The van der Waals surface area contributed by atoms with Gasteiger partial charge in [0, 0.05) is 23.6 Å². The van der Waals surface area contributed by atoms with Gasteiger partial charge in [0.2, 0.25) is 0 Å². The Hall–Kier alpha value is -3.38. The number of esters is 1. The van der Waals surface area contributed by atoms with Crippen LogP contribution in [0.1, 0.15) is 51.8 Å². The Labute approximate surface area is 203 Å². The molecule has 0 fully saturated rings. The first-order valence-corrected chi connectivity index (χ1v) is 12.3. The molecule has 5 aromatic rings. The molecule has 0 aliphatic heterocycles. The molecule has 0 spiro atoms. The first kappa shape index (κ1) is 22.4. The molecule has 2 aromatic carbocycles. The number of benzene rings is 2. The molecule has 0 bridgehead atoms. The first-order chi connectivity index (χ1) is 16.6. The standard InChI is InChI=1S/C27H27ClN4O2/c1-3-5-11-23-30-26-25(27-29-20-9-7-8-10-21(20)32(23)27)22(34-24(33)12-6-4-2)17-31(26)19-15-13-18(28)14-16-19/h7-10,13-17H,3-6,11-12H2,1-2H3. The molecule has 0 aliphatic rings. The highest BCUT2D eigenvalue weighted by molar-refractivity contribution is 6.30. The molecule has 3 heterocycles. The molecule has 0 N–H and O–H groups in total. The lowest BCUT2D eigenvalue weighted by molar-refractivity contribution is -0.134. The Morgan fingerprint density at radius 1 is 0.971 bits per heavy atom. The fraction of sp³-hybridized carbons (Fsp3) is 0.296. The summed E-state index contributed by atoms with van der Waals surface area (Å²) in [5.41, 5.74) is 4.25. The lowest BCUT2D eigenvalue weighted by atomic mass is 10.2.